The molecule has 0 saturated carbocycles. The Morgan fingerprint density at radius 1 is 1.25 bits per heavy atom. The zero-order valence-corrected chi connectivity index (χ0v) is 14.6. The number of benzene rings is 1. The van der Waals surface area contributed by atoms with Gasteiger partial charge in [0.1, 0.15) is 5.69 Å². The van der Waals surface area contributed by atoms with E-state index in [9.17, 15) is 4.79 Å². The molecule has 1 aromatic carbocycles. The van der Waals surface area contributed by atoms with Crippen LogP contribution in [0.5, 0.6) is 0 Å². The van der Waals surface area contributed by atoms with E-state index in [-0.39, 0.29) is 5.91 Å². The molecule has 5 nitrogen and oxygen atoms in total. The van der Waals surface area contributed by atoms with Crippen LogP contribution in [0.4, 0.5) is 5.88 Å². The van der Waals surface area contributed by atoms with E-state index < -0.39 is 0 Å². The van der Waals surface area contributed by atoms with Gasteiger partial charge in [-0.2, -0.15) is 0 Å². The molecule has 0 unspecified atom stereocenters. The van der Waals surface area contributed by atoms with E-state index in [1.54, 1.807) is 6.07 Å². The van der Waals surface area contributed by atoms with Crippen LogP contribution in [0.3, 0.4) is 0 Å². The van der Waals surface area contributed by atoms with E-state index in [0.717, 1.165) is 24.3 Å². The third kappa shape index (κ3) is 4.23. The summed E-state index contributed by atoms with van der Waals surface area (Å²) in [7, 11) is 0. The van der Waals surface area contributed by atoms with E-state index in [1.807, 2.05) is 31.2 Å². The van der Waals surface area contributed by atoms with Gasteiger partial charge in [-0.15, -0.1) is 0 Å². The molecule has 1 aliphatic heterocycles. The van der Waals surface area contributed by atoms with Gasteiger partial charge in [0.2, 0.25) is 11.8 Å². The maximum absolute atomic E-state index is 12.2. The van der Waals surface area contributed by atoms with Crippen molar-refractivity contribution in [1.29, 1.82) is 0 Å². The van der Waals surface area contributed by atoms with E-state index in [1.165, 1.54) is 12.0 Å². The average molecular weight is 327 g/mol. The fourth-order valence-corrected chi connectivity index (χ4v) is 3.50. The highest BCUT2D eigenvalue weighted by Crippen LogP contribution is 2.23. The van der Waals surface area contributed by atoms with Crippen molar-refractivity contribution in [3.63, 3.8) is 0 Å². The minimum atomic E-state index is -0.0529. The maximum Gasteiger partial charge on any atom is 0.240 e. The van der Waals surface area contributed by atoms with Crippen molar-refractivity contribution in [3.8, 4) is 11.3 Å². The summed E-state index contributed by atoms with van der Waals surface area (Å²) < 4.78 is 5.25. The van der Waals surface area contributed by atoms with E-state index >= 15 is 0 Å². The highest BCUT2D eigenvalue weighted by molar-refractivity contribution is 5.91. The summed E-state index contributed by atoms with van der Waals surface area (Å²) in [6.07, 6.45) is 1.24. The van der Waals surface area contributed by atoms with Gasteiger partial charge < -0.3 is 4.52 Å². The van der Waals surface area contributed by atoms with E-state index in [0.29, 0.717) is 24.3 Å². The lowest BCUT2D eigenvalue weighted by Crippen LogP contribution is -2.42. The van der Waals surface area contributed by atoms with Gasteiger partial charge in [-0.05, 0) is 25.2 Å². The molecule has 3 rings (SSSR count). The van der Waals surface area contributed by atoms with Gasteiger partial charge in [0, 0.05) is 24.7 Å². The highest BCUT2D eigenvalue weighted by atomic mass is 16.5. The van der Waals surface area contributed by atoms with Crippen molar-refractivity contribution in [2.75, 3.05) is 25.0 Å². The van der Waals surface area contributed by atoms with Crippen molar-refractivity contribution in [3.05, 3.63) is 35.9 Å². The van der Waals surface area contributed by atoms with Gasteiger partial charge >= 0.3 is 0 Å². The zero-order chi connectivity index (χ0) is 17.1. The Hall–Kier alpha value is -2.14. The van der Waals surface area contributed by atoms with Crippen LogP contribution in [-0.4, -0.2) is 35.6 Å². The average Bonchev–Trinajstić information content (AvgIpc) is 2.95. The van der Waals surface area contributed by atoms with Gasteiger partial charge in [-0.25, -0.2) is 0 Å². The summed E-state index contributed by atoms with van der Waals surface area (Å²) >= 11 is 0. The molecule has 5 heteroatoms. The molecule has 0 radical (unpaired) electrons. The first-order valence-corrected chi connectivity index (χ1v) is 8.55. The molecule has 128 valence electrons. The van der Waals surface area contributed by atoms with Crippen LogP contribution in [0.25, 0.3) is 11.3 Å². The largest absolute Gasteiger partial charge is 0.338 e. The quantitative estimate of drug-likeness (QED) is 0.933. The fraction of sp³-hybridized carbons (Fsp3) is 0.474. The number of nitrogens with one attached hydrogen (secondary N) is 1. The number of likely N-dealkylation sites (tertiary alicyclic amines) is 1. The van der Waals surface area contributed by atoms with Crippen molar-refractivity contribution >= 4 is 11.8 Å². The molecule has 0 bridgehead atoms. The van der Waals surface area contributed by atoms with Crippen molar-refractivity contribution in [2.24, 2.45) is 11.8 Å². The lowest BCUT2D eigenvalue weighted by Gasteiger charge is -2.34. The third-order valence-electron chi connectivity index (χ3n) is 4.43. The molecule has 0 aliphatic carbocycles. The Kier molecular flexibility index (Phi) is 5.00. The minimum absolute atomic E-state index is 0.0529. The zero-order valence-electron chi connectivity index (χ0n) is 14.6. The Balaban J connectivity index is 1.58. The minimum Gasteiger partial charge on any atom is -0.338 e. The lowest BCUT2D eigenvalue weighted by atomic mass is 9.92. The fourth-order valence-electron chi connectivity index (χ4n) is 3.50. The molecule has 2 heterocycles. The number of aromatic nitrogens is 1. The number of carbonyl (C=O) groups is 1. The van der Waals surface area contributed by atoms with Crippen LogP contribution in [0, 0.1) is 18.8 Å². The number of hydrogen-bond donors (Lipinski definition) is 1. The first kappa shape index (κ1) is 16.7. The summed E-state index contributed by atoms with van der Waals surface area (Å²) in [6.45, 7) is 8.87. The number of aryl methyl sites for hydroxylation is 1. The van der Waals surface area contributed by atoms with Crippen LogP contribution >= 0.6 is 0 Å². The predicted molar refractivity (Wildman–Crippen MR) is 94.7 cm³/mol. The number of piperidine rings is 1. The number of rotatable bonds is 4. The van der Waals surface area contributed by atoms with Gasteiger partial charge in [0.05, 0.1) is 6.54 Å². The lowest BCUT2D eigenvalue weighted by molar-refractivity contribution is -0.118. The molecule has 24 heavy (non-hydrogen) atoms. The molecule has 2 aromatic rings. The van der Waals surface area contributed by atoms with E-state index in [4.69, 9.17) is 4.52 Å². The molecular formula is C19H25N3O2. The van der Waals surface area contributed by atoms with Gasteiger partial charge in [-0.3, -0.25) is 15.0 Å². The van der Waals surface area contributed by atoms with Gasteiger partial charge in [-0.1, -0.05) is 48.8 Å². The van der Waals surface area contributed by atoms with Crippen molar-refractivity contribution in [2.45, 2.75) is 27.2 Å². The second kappa shape index (κ2) is 7.18. The molecule has 1 fully saturated rings. The SMILES string of the molecule is Cc1ccc(-c2cc(NC(=O)CN3C[C@H](C)C[C@@H](C)C3)on2)cc1. The molecule has 1 saturated heterocycles. The van der Waals surface area contributed by atoms with Crippen LogP contribution in [-0.2, 0) is 4.79 Å². The standard InChI is InChI=1S/C19H25N3O2/c1-13-4-6-16(7-5-13)17-9-19(24-21-17)20-18(23)12-22-10-14(2)8-15(3)11-22/h4-7,9,14-15H,8,10-12H2,1-3H3,(H,20,23)/t14-,15-/m1/s1. The second-order valence-electron chi connectivity index (χ2n) is 7.13. The topological polar surface area (TPSA) is 58.4 Å². The maximum atomic E-state index is 12.2. The second-order valence-corrected chi connectivity index (χ2v) is 7.13. The van der Waals surface area contributed by atoms with Crippen molar-refractivity contribution < 1.29 is 9.32 Å². The molecular weight excluding hydrogens is 302 g/mol. The summed E-state index contributed by atoms with van der Waals surface area (Å²) in [6, 6.07) is 9.82. The predicted octanol–water partition coefficient (Wildman–Crippen LogP) is 3.57. The van der Waals surface area contributed by atoms with Crippen LogP contribution in [0.2, 0.25) is 0 Å². The first-order chi connectivity index (χ1) is 11.5. The normalized spacial score (nSPS) is 21.6. The molecule has 1 N–H and O–H groups in total. The first-order valence-electron chi connectivity index (χ1n) is 8.55. The third-order valence-corrected chi connectivity index (χ3v) is 4.43. The smallest absolute Gasteiger partial charge is 0.240 e. The molecule has 1 amide bonds. The number of amides is 1. The van der Waals surface area contributed by atoms with Gasteiger partial charge in [0.15, 0.2) is 0 Å². The number of hydrogen-bond acceptors (Lipinski definition) is 4. The van der Waals surface area contributed by atoms with E-state index in [2.05, 4.69) is 29.2 Å². The molecule has 1 aromatic heterocycles. The monoisotopic (exact) mass is 327 g/mol. The van der Waals surface area contributed by atoms with Crippen LogP contribution < -0.4 is 5.32 Å². The molecule has 0 spiro atoms. The molecule has 2 atom stereocenters. The summed E-state index contributed by atoms with van der Waals surface area (Å²) in [4.78, 5) is 14.5. The van der Waals surface area contributed by atoms with Crippen molar-refractivity contribution in [1.82, 2.24) is 10.1 Å². The summed E-state index contributed by atoms with van der Waals surface area (Å²) in [5, 5.41) is 6.85. The molecule has 1 aliphatic rings. The number of carbonyl (C=O) groups excluding carboxylic acids is 1. The summed E-state index contributed by atoms with van der Waals surface area (Å²) in [5.41, 5.74) is 2.90. The number of nitrogens with zero attached hydrogens (tertiary/aromatic N) is 2. The Bertz CT molecular complexity index is 683. The number of anilines is 1. The highest BCUT2D eigenvalue weighted by Gasteiger charge is 2.23. The van der Waals surface area contributed by atoms with Crippen LogP contribution in [0.1, 0.15) is 25.8 Å². The van der Waals surface area contributed by atoms with Gasteiger partial charge in [0.25, 0.3) is 0 Å². The van der Waals surface area contributed by atoms with Crippen LogP contribution in [0.15, 0.2) is 34.9 Å². The summed E-state index contributed by atoms with van der Waals surface area (Å²) in [5.74, 6) is 1.62. The Morgan fingerprint density at radius 2 is 1.92 bits per heavy atom. The Labute approximate surface area is 143 Å². The Morgan fingerprint density at radius 3 is 2.58 bits per heavy atom.